The lowest BCUT2D eigenvalue weighted by Gasteiger charge is -2.16. The molecule has 0 N–H and O–H groups in total. The molecule has 0 aliphatic carbocycles. The maximum atomic E-state index is 12.2. The van der Waals surface area contributed by atoms with E-state index in [1.807, 2.05) is 64.0 Å². The molecule has 0 radical (unpaired) electrons. The number of carbonyl (C=O) groups is 1. The Labute approximate surface area is 120 Å². The van der Waals surface area contributed by atoms with Crippen LogP contribution >= 0.6 is 0 Å². The summed E-state index contributed by atoms with van der Waals surface area (Å²) in [6, 6.07) is 8.11. The molecule has 110 valence electrons. The number of esters is 1. The van der Waals surface area contributed by atoms with E-state index in [2.05, 4.69) is 0 Å². The van der Waals surface area contributed by atoms with Crippen LogP contribution in [0, 0.1) is 0 Å². The van der Waals surface area contributed by atoms with E-state index >= 15 is 0 Å². The van der Waals surface area contributed by atoms with Crippen molar-refractivity contribution in [2.24, 2.45) is 0 Å². The quantitative estimate of drug-likeness (QED) is 0.613. The number of anilines is 1. The maximum absolute atomic E-state index is 12.2. The first-order valence-corrected chi connectivity index (χ1v) is 7.06. The Morgan fingerprint density at radius 1 is 1.25 bits per heavy atom. The number of ether oxygens (including phenoxy) is 2. The molecule has 1 aromatic rings. The van der Waals surface area contributed by atoms with E-state index in [0.29, 0.717) is 13.0 Å². The largest absolute Gasteiger partial charge is 0.464 e. The molecule has 1 aliphatic rings. The molecule has 1 heterocycles. The fourth-order valence-electron chi connectivity index (χ4n) is 2.73. The number of epoxide rings is 1. The van der Waals surface area contributed by atoms with Crippen molar-refractivity contribution < 1.29 is 14.3 Å². The Balaban J connectivity index is 2.26. The summed E-state index contributed by atoms with van der Waals surface area (Å²) >= 11 is 0. The van der Waals surface area contributed by atoms with Crippen LogP contribution in [0.3, 0.4) is 0 Å². The molecule has 2 atom stereocenters. The van der Waals surface area contributed by atoms with Gasteiger partial charge in [0.25, 0.3) is 0 Å². The Bertz CT molecular complexity index is 497. The summed E-state index contributed by atoms with van der Waals surface area (Å²) in [5, 5.41) is 0. The topological polar surface area (TPSA) is 42.1 Å². The van der Waals surface area contributed by atoms with Gasteiger partial charge in [-0.1, -0.05) is 19.1 Å². The van der Waals surface area contributed by atoms with E-state index in [9.17, 15) is 4.79 Å². The first kappa shape index (κ1) is 14.9. The molecule has 20 heavy (non-hydrogen) atoms. The third-order valence-corrected chi connectivity index (χ3v) is 4.14. The van der Waals surface area contributed by atoms with Crippen molar-refractivity contribution in [1.82, 2.24) is 0 Å². The predicted octanol–water partition coefficient (Wildman–Crippen LogP) is 2.71. The van der Waals surface area contributed by atoms with Gasteiger partial charge in [0.2, 0.25) is 0 Å². The highest BCUT2D eigenvalue weighted by molar-refractivity contribution is 5.85. The minimum Gasteiger partial charge on any atom is -0.464 e. The van der Waals surface area contributed by atoms with Crippen molar-refractivity contribution >= 4 is 11.7 Å². The molecule has 0 aromatic heterocycles. The molecule has 0 saturated carbocycles. The van der Waals surface area contributed by atoms with Gasteiger partial charge in [-0.05, 0) is 38.0 Å². The number of carbonyl (C=O) groups excluding carboxylic acids is 1. The second kappa shape index (κ2) is 5.09. The van der Waals surface area contributed by atoms with Gasteiger partial charge in [-0.3, -0.25) is 0 Å². The van der Waals surface area contributed by atoms with Crippen molar-refractivity contribution in [1.29, 1.82) is 0 Å². The normalized spacial score (nSPS) is 28.1. The summed E-state index contributed by atoms with van der Waals surface area (Å²) in [7, 11) is 4.00. The summed E-state index contributed by atoms with van der Waals surface area (Å²) in [6.07, 6.45) is 0.609. The van der Waals surface area contributed by atoms with Crippen LogP contribution in [0.1, 0.15) is 32.8 Å². The molecule has 1 saturated heterocycles. The second-order valence-corrected chi connectivity index (χ2v) is 5.48. The van der Waals surface area contributed by atoms with Crippen LogP contribution in [0.25, 0.3) is 0 Å². The van der Waals surface area contributed by atoms with Crippen LogP contribution < -0.4 is 4.90 Å². The second-order valence-electron chi connectivity index (χ2n) is 5.48. The first-order valence-electron chi connectivity index (χ1n) is 7.06. The highest BCUT2D eigenvalue weighted by Gasteiger charge is 2.72. The van der Waals surface area contributed by atoms with Crippen molar-refractivity contribution in [3.63, 3.8) is 0 Å². The van der Waals surface area contributed by atoms with Gasteiger partial charge in [-0.15, -0.1) is 0 Å². The number of hydrogen-bond donors (Lipinski definition) is 0. The zero-order valence-electron chi connectivity index (χ0n) is 12.9. The van der Waals surface area contributed by atoms with E-state index < -0.39 is 11.2 Å². The minimum absolute atomic E-state index is 0.262. The Hall–Kier alpha value is -1.55. The zero-order chi connectivity index (χ0) is 15.0. The molecule has 1 fully saturated rings. The Morgan fingerprint density at radius 3 is 2.30 bits per heavy atom. The summed E-state index contributed by atoms with van der Waals surface area (Å²) in [5.74, 6) is -0.262. The number of benzene rings is 1. The van der Waals surface area contributed by atoms with E-state index in [1.54, 1.807) is 0 Å². The third kappa shape index (κ3) is 2.08. The molecule has 2 rings (SSSR count). The van der Waals surface area contributed by atoms with E-state index in [1.165, 1.54) is 0 Å². The lowest BCUT2D eigenvalue weighted by Crippen LogP contribution is -2.32. The summed E-state index contributed by atoms with van der Waals surface area (Å²) in [6.45, 7) is 6.10. The molecule has 1 aliphatic heterocycles. The fraction of sp³-hybridized carbons (Fsp3) is 0.562. The number of nitrogens with zero attached hydrogens (tertiary/aromatic N) is 1. The zero-order valence-corrected chi connectivity index (χ0v) is 12.9. The molecule has 1 aromatic carbocycles. The van der Waals surface area contributed by atoms with Crippen LogP contribution in [-0.4, -0.2) is 32.3 Å². The maximum Gasteiger partial charge on any atom is 0.341 e. The molecule has 2 unspecified atom stereocenters. The Morgan fingerprint density at radius 2 is 1.85 bits per heavy atom. The van der Waals surface area contributed by atoms with E-state index in [0.717, 1.165) is 11.3 Å². The summed E-state index contributed by atoms with van der Waals surface area (Å²) in [5.41, 5.74) is 0.718. The number of hydrogen-bond acceptors (Lipinski definition) is 4. The van der Waals surface area contributed by atoms with E-state index in [-0.39, 0.29) is 5.97 Å². The Kier molecular flexibility index (Phi) is 3.78. The van der Waals surface area contributed by atoms with Crippen molar-refractivity contribution in [3.05, 3.63) is 29.8 Å². The van der Waals surface area contributed by atoms with Crippen LogP contribution in [0.5, 0.6) is 0 Å². The lowest BCUT2D eigenvalue weighted by atomic mass is 9.86. The van der Waals surface area contributed by atoms with Crippen molar-refractivity contribution in [3.8, 4) is 0 Å². The van der Waals surface area contributed by atoms with Gasteiger partial charge < -0.3 is 14.4 Å². The molecule has 0 bridgehead atoms. The average Bonchev–Trinajstić information content (AvgIpc) is 3.07. The van der Waals surface area contributed by atoms with Gasteiger partial charge in [0.05, 0.1) is 6.61 Å². The van der Waals surface area contributed by atoms with Crippen LogP contribution in [-0.2, 0) is 19.9 Å². The standard InChI is InChI=1S/C16H23NO3/c1-6-16(14(18)19-7-2)15(3,20-16)12-8-10-13(11-9-12)17(4)5/h8-11H,6-7H2,1-5H3. The van der Waals surface area contributed by atoms with Crippen molar-refractivity contribution in [2.75, 3.05) is 25.6 Å². The molecule has 0 amide bonds. The SMILES string of the molecule is CCOC(=O)C1(CC)OC1(C)c1ccc(N(C)C)cc1. The smallest absolute Gasteiger partial charge is 0.341 e. The molecular formula is C16H23NO3. The first-order chi connectivity index (χ1) is 9.41. The highest BCUT2D eigenvalue weighted by atomic mass is 16.7. The predicted molar refractivity (Wildman–Crippen MR) is 78.9 cm³/mol. The van der Waals surface area contributed by atoms with Gasteiger partial charge in [0.1, 0.15) is 5.60 Å². The molecular weight excluding hydrogens is 254 g/mol. The van der Waals surface area contributed by atoms with E-state index in [4.69, 9.17) is 9.47 Å². The van der Waals surface area contributed by atoms with Gasteiger partial charge in [-0.2, -0.15) is 0 Å². The third-order valence-electron chi connectivity index (χ3n) is 4.14. The molecule has 0 spiro atoms. The molecule has 4 nitrogen and oxygen atoms in total. The van der Waals surface area contributed by atoms with Gasteiger partial charge >= 0.3 is 5.97 Å². The summed E-state index contributed by atoms with van der Waals surface area (Å²) < 4.78 is 11.0. The van der Waals surface area contributed by atoms with Crippen LogP contribution in [0.15, 0.2) is 24.3 Å². The lowest BCUT2D eigenvalue weighted by molar-refractivity contribution is -0.149. The van der Waals surface area contributed by atoms with Crippen LogP contribution in [0.2, 0.25) is 0 Å². The highest BCUT2D eigenvalue weighted by Crippen LogP contribution is 2.58. The summed E-state index contributed by atoms with van der Waals surface area (Å²) in [4.78, 5) is 14.2. The van der Waals surface area contributed by atoms with Gasteiger partial charge in [0, 0.05) is 19.8 Å². The van der Waals surface area contributed by atoms with Gasteiger partial charge in [-0.25, -0.2) is 4.79 Å². The average molecular weight is 277 g/mol. The minimum atomic E-state index is -0.831. The van der Waals surface area contributed by atoms with Crippen LogP contribution in [0.4, 0.5) is 5.69 Å². The molecule has 4 heteroatoms. The number of rotatable bonds is 5. The van der Waals surface area contributed by atoms with Gasteiger partial charge in [0.15, 0.2) is 5.60 Å². The fourth-order valence-corrected chi connectivity index (χ4v) is 2.73. The van der Waals surface area contributed by atoms with Crippen molar-refractivity contribution in [2.45, 2.75) is 38.4 Å². The monoisotopic (exact) mass is 277 g/mol.